The number of urea groups is 1. The number of carboxylic acid groups (broad SMARTS) is 1. The van der Waals surface area contributed by atoms with Gasteiger partial charge < -0.3 is 15.2 Å². The van der Waals surface area contributed by atoms with Crippen molar-refractivity contribution in [1.29, 1.82) is 0 Å². The summed E-state index contributed by atoms with van der Waals surface area (Å²) >= 11 is 0. The van der Waals surface area contributed by atoms with Crippen LogP contribution in [0.5, 0.6) is 0 Å². The number of carbonyl (C=O) groups is 3. The number of nitrogens with one attached hydrogen (secondary N) is 2. The molecule has 112 valence electrons. The number of carboxylic acids is 1. The minimum absolute atomic E-state index is 0.00239. The Bertz CT molecular complexity index is 438. The van der Waals surface area contributed by atoms with Crippen molar-refractivity contribution in [3.63, 3.8) is 0 Å². The van der Waals surface area contributed by atoms with Gasteiger partial charge in [0.1, 0.15) is 0 Å². The summed E-state index contributed by atoms with van der Waals surface area (Å²) < 4.78 is 5.42. The van der Waals surface area contributed by atoms with Gasteiger partial charge in [-0.05, 0) is 33.6 Å². The molecule has 1 saturated heterocycles. The van der Waals surface area contributed by atoms with Crippen LogP contribution in [0.25, 0.3) is 0 Å². The second-order valence-electron chi connectivity index (χ2n) is 4.82. The van der Waals surface area contributed by atoms with Gasteiger partial charge in [0.2, 0.25) is 0 Å². The van der Waals surface area contributed by atoms with Gasteiger partial charge in [-0.25, -0.2) is 9.59 Å². The molecule has 0 radical (unpaired) electrons. The van der Waals surface area contributed by atoms with E-state index in [4.69, 9.17) is 9.84 Å². The number of ether oxygens (including phenoxy) is 1. The van der Waals surface area contributed by atoms with Crippen molar-refractivity contribution in [1.82, 2.24) is 10.6 Å². The van der Waals surface area contributed by atoms with Crippen molar-refractivity contribution >= 4 is 17.9 Å². The van der Waals surface area contributed by atoms with Gasteiger partial charge in [0, 0.05) is 17.8 Å². The van der Waals surface area contributed by atoms with Crippen molar-refractivity contribution in [3.05, 3.63) is 11.1 Å². The summed E-state index contributed by atoms with van der Waals surface area (Å²) in [4.78, 5) is 34.1. The number of aliphatic carboxylic acids is 1. The molecule has 3 amide bonds. The van der Waals surface area contributed by atoms with Gasteiger partial charge in [0.05, 0.1) is 12.1 Å². The molecule has 0 aromatic carbocycles. The zero-order valence-electron chi connectivity index (χ0n) is 11.9. The Morgan fingerprint density at radius 1 is 1.25 bits per heavy atom. The molecule has 0 aromatic heterocycles. The first kappa shape index (κ1) is 16.2. The Balaban J connectivity index is 2.51. The summed E-state index contributed by atoms with van der Waals surface area (Å²) in [5.74, 6) is -1.91. The van der Waals surface area contributed by atoms with E-state index in [1.54, 1.807) is 6.92 Å². The van der Waals surface area contributed by atoms with Crippen LogP contribution in [-0.2, 0) is 14.3 Å². The van der Waals surface area contributed by atoms with Crippen LogP contribution in [0.4, 0.5) is 4.79 Å². The highest BCUT2D eigenvalue weighted by molar-refractivity contribution is 6.07. The fraction of sp³-hybridized carbons (Fsp3) is 0.615. The molecule has 20 heavy (non-hydrogen) atoms. The van der Waals surface area contributed by atoms with Crippen LogP contribution in [0.1, 0.15) is 33.6 Å². The van der Waals surface area contributed by atoms with Crippen LogP contribution in [-0.4, -0.2) is 41.8 Å². The van der Waals surface area contributed by atoms with E-state index in [1.165, 1.54) is 13.8 Å². The molecule has 7 heteroatoms. The maximum atomic E-state index is 11.7. The van der Waals surface area contributed by atoms with Gasteiger partial charge in [0.15, 0.2) is 0 Å². The second kappa shape index (κ2) is 7.04. The summed E-state index contributed by atoms with van der Waals surface area (Å²) in [5.41, 5.74) is -0.0973. The van der Waals surface area contributed by atoms with Crippen LogP contribution in [0.2, 0.25) is 0 Å². The Morgan fingerprint density at radius 2 is 1.90 bits per heavy atom. The van der Waals surface area contributed by atoms with Crippen molar-refractivity contribution in [2.24, 2.45) is 0 Å². The molecule has 0 aromatic rings. The van der Waals surface area contributed by atoms with Gasteiger partial charge in [0.25, 0.3) is 5.91 Å². The molecule has 7 nitrogen and oxygen atoms in total. The smallest absolute Gasteiger partial charge is 0.331 e. The lowest BCUT2D eigenvalue weighted by Crippen LogP contribution is -2.48. The molecule has 1 heterocycles. The van der Waals surface area contributed by atoms with Crippen LogP contribution in [0.3, 0.4) is 0 Å². The molecule has 0 aliphatic carbocycles. The molecule has 3 N–H and O–H groups in total. The fourth-order valence-corrected chi connectivity index (χ4v) is 1.86. The van der Waals surface area contributed by atoms with Gasteiger partial charge in [-0.1, -0.05) is 0 Å². The molecule has 1 rings (SSSR count). The van der Waals surface area contributed by atoms with E-state index < -0.39 is 17.9 Å². The molecule has 2 atom stereocenters. The lowest BCUT2D eigenvalue weighted by atomic mass is 10.1. The Kier molecular flexibility index (Phi) is 5.69. The second-order valence-corrected chi connectivity index (χ2v) is 4.82. The average molecular weight is 284 g/mol. The van der Waals surface area contributed by atoms with E-state index in [1.807, 2.05) is 0 Å². The van der Waals surface area contributed by atoms with Crippen LogP contribution >= 0.6 is 0 Å². The summed E-state index contributed by atoms with van der Waals surface area (Å²) in [6.07, 6.45) is 1.77. The molecule has 1 fully saturated rings. The normalized spacial score (nSPS) is 20.9. The molecule has 0 bridgehead atoms. The van der Waals surface area contributed by atoms with Crippen molar-refractivity contribution in [2.75, 3.05) is 6.61 Å². The summed E-state index contributed by atoms with van der Waals surface area (Å²) in [6.45, 7) is 5.14. The van der Waals surface area contributed by atoms with E-state index in [0.29, 0.717) is 6.61 Å². The lowest BCUT2D eigenvalue weighted by Gasteiger charge is -2.20. The number of hydrogen-bond acceptors (Lipinski definition) is 4. The molecule has 2 unspecified atom stereocenters. The first-order valence-electron chi connectivity index (χ1n) is 6.47. The maximum absolute atomic E-state index is 11.7. The topological polar surface area (TPSA) is 105 Å². The van der Waals surface area contributed by atoms with Crippen LogP contribution in [0.15, 0.2) is 11.1 Å². The van der Waals surface area contributed by atoms with E-state index in [2.05, 4.69) is 10.6 Å². The molecule has 1 aliphatic rings. The molecule has 0 saturated carbocycles. The van der Waals surface area contributed by atoms with Crippen LogP contribution < -0.4 is 10.6 Å². The van der Waals surface area contributed by atoms with Gasteiger partial charge in [-0.15, -0.1) is 0 Å². The van der Waals surface area contributed by atoms with Crippen molar-refractivity contribution < 1.29 is 24.2 Å². The third kappa shape index (κ3) is 4.34. The lowest BCUT2D eigenvalue weighted by molar-refractivity contribution is -0.133. The van der Waals surface area contributed by atoms with Crippen molar-refractivity contribution in [3.8, 4) is 0 Å². The third-order valence-electron chi connectivity index (χ3n) is 3.33. The van der Waals surface area contributed by atoms with Gasteiger partial charge >= 0.3 is 12.0 Å². The summed E-state index contributed by atoms with van der Waals surface area (Å²) in [6, 6.07) is -0.870. The predicted molar refractivity (Wildman–Crippen MR) is 71.1 cm³/mol. The zero-order chi connectivity index (χ0) is 15.3. The molecular weight excluding hydrogens is 264 g/mol. The van der Waals surface area contributed by atoms with Crippen molar-refractivity contribution in [2.45, 2.75) is 45.8 Å². The minimum atomic E-state index is -1.19. The molecule has 1 aliphatic heterocycles. The number of amides is 3. The highest BCUT2D eigenvalue weighted by atomic mass is 16.5. The van der Waals surface area contributed by atoms with Crippen LogP contribution in [0, 0.1) is 0 Å². The number of rotatable bonds is 4. The molecular formula is C13H20N2O5. The fourth-order valence-electron chi connectivity index (χ4n) is 1.86. The Morgan fingerprint density at radius 3 is 2.40 bits per heavy atom. The van der Waals surface area contributed by atoms with Gasteiger partial charge in [-0.3, -0.25) is 10.1 Å². The molecule has 0 spiro atoms. The SMILES string of the molecule is CC(C(=O)O)=C(C)C(=O)NC(=O)NC(C)C1CCCO1. The largest absolute Gasteiger partial charge is 0.478 e. The number of imide groups is 1. The predicted octanol–water partition coefficient (Wildman–Crippen LogP) is 0.801. The third-order valence-corrected chi connectivity index (χ3v) is 3.33. The monoisotopic (exact) mass is 284 g/mol. The highest BCUT2D eigenvalue weighted by Gasteiger charge is 2.24. The van der Waals surface area contributed by atoms with Gasteiger partial charge in [-0.2, -0.15) is 0 Å². The summed E-state index contributed by atoms with van der Waals surface area (Å²) in [7, 11) is 0. The maximum Gasteiger partial charge on any atom is 0.331 e. The Labute approximate surface area is 117 Å². The van der Waals surface area contributed by atoms with E-state index in [0.717, 1.165) is 12.8 Å². The Hall–Kier alpha value is -1.89. The zero-order valence-corrected chi connectivity index (χ0v) is 11.9. The standard InChI is InChI=1S/C13H20N2O5/c1-7(8(2)12(17)18)11(16)15-13(19)14-9(3)10-5-4-6-20-10/h9-10H,4-6H2,1-3H3,(H,17,18)(H2,14,15,16,19). The van der Waals surface area contributed by atoms with E-state index >= 15 is 0 Å². The quantitative estimate of drug-likeness (QED) is 0.662. The number of carbonyl (C=O) groups excluding carboxylic acids is 2. The summed E-state index contributed by atoms with van der Waals surface area (Å²) in [5, 5.41) is 13.5. The van der Waals surface area contributed by atoms with E-state index in [-0.39, 0.29) is 23.3 Å². The highest BCUT2D eigenvalue weighted by Crippen LogP contribution is 2.15. The first-order chi connectivity index (χ1) is 9.32. The first-order valence-corrected chi connectivity index (χ1v) is 6.47. The van der Waals surface area contributed by atoms with E-state index in [9.17, 15) is 14.4 Å². The number of hydrogen-bond donors (Lipinski definition) is 3. The minimum Gasteiger partial charge on any atom is -0.478 e. The average Bonchev–Trinajstić information content (AvgIpc) is 2.90.